The van der Waals surface area contributed by atoms with E-state index in [1.807, 2.05) is 19.1 Å². The standard InChI is InChI=1S/C14H20O4/c1-10(15)9-11(2)18-13-8-6-4-5-7-12(13)14(16)17-3/h4-8,10-12,15H,9H2,1-3H3/t10-,11+,12-/m1/s1. The van der Waals surface area contributed by atoms with Crippen LogP contribution in [0.25, 0.3) is 0 Å². The van der Waals surface area contributed by atoms with Gasteiger partial charge in [0.15, 0.2) is 0 Å². The summed E-state index contributed by atoms with van der Waals surface area (Å²) in [4.78, 5) is 11.7. The maximum atomic E-state index is 11.7. The van der Waals surface area contributed by atoms with E-state index in [9.17, 15) is 9.90 Å². The van der Waals surface area contributed by atoms with Crippen molar-refractivity contribution in [1.29, 1.82) is 0 Å². The van der Waals surface area contributed by atoms with Gasteiger partial charge in [-0.25, -0.2) is 0 Å². The predicted molar refractivity (Wildman–Crippen MR) is 68.7 cm³/mol. The predicted octanol–water partition coefficient (Wildman–Crippen LogP) is 1.96. The Morgan fingerprint density at radius 2 is 2.11 bits per heavy atom. The molecule has 0 unspecified atom stereocenters. The van der Waals surface area contributed by atoms with E-state index in [1.165, 1.54) is 7.11 Å². The highest BCUT2D eigenvalue weighted by Crippen LogP contribution is 2.21. The maximum absolute atomic E-state index is 11.7. The Kier molecular flexibility index (Phi) is 5.65. The van der Waals surface area contributed by atoms with E-state index in [0.717, 1.165) is 0 Å². The molecule has 0 fully saturated rings. The van der Waals surface area contributed by atoms with E-state index in [-0.39, 0.29) is 12.1 Å². The van der Waals surface area contributed by atoms with Crippen molar-refractivity contribution in [2.24, 2.45) is 5.92 Å². The molecule has 1 aliphatic carbocycles. The number of aliphatic hydroxyl groups is 1. The number of esters is 1. The van der Waals surface area contributed by atoms with Gasteiger partial charge < -0.3 is 14.6 Å². The first-order valence-corrected chi connectivity index (χ1v) is 6.02. The van der Waals surface area contributed by atoms with Crippen LogP contribution in [0.2, 0.25) is 0 Å². The summed E-state index contributed by atoms with van der Waals surface area (Å²) in [5.74, 6) is -0.341. The minimum atomic E-state index is -0.526. The highest BCUT2D eigenvalue weighted by molar-refractivity contribution is 5.77. The smallest absolute Gasteiger partial charge is 0.320 e. The molecule has 0 saturated heterocycles. The molecule has 3 atom stereocenters. The van der Waals surface area contributed by atoms with Crippen LogP contribution >= 0.6 is 0 Å². The van der Waals surface area contributed by atoms with Crippen LogP contribution in [0.1, 0.15) is 20.3 Å². The lowest BCUT2D eigenvalue weighted by atomic mass is 10.1. The number of ether oxygens (including phenoxy) is 2. The number of carbonyl (C=O) groups excluding carboxylic acids is 1. The fraction of sp³-hybridized carbons (Fsp3) is 0.500. The summed E-state index contributed by atoms with van der Waals surface area (Å²) < 4.78 is 10.5. The molecular formula is C14H20O4. The van der Waals surface area contributed by atoms with Crippen LogP contribution in [0, 0.1) is 5.92 Å². The summed E-state index contributed by atoms with van der Waals surface area (Å²) in [6.45, 7) is 3.57. The minimum Gasteiger partial charge on any atom is -0.494 e. The third-order valence-electron chi connectivity index (χ3n) is 2.56. The molecule has 0 aromatic rings. The molecule has 0 radical (unpaired) electrons. The molecule has 1 aliphatic rings. The van der Waals surface area contributed by atoms with E-state index in [0.29, 0.717) is 12.2 Å². The Hall–Kier alpha value is -1.55. The third-order valence-corrected chi connectivity index (χ3v) is 2.56. The van der Waals surface area contributed by atoms with Crippen molar-refractivity contribution in [2.45, 2.75) is 32.5 Å². The molecule has 0 aromatic heterocycles. The molecule has 1 N–H and O–H groups in total. The lowest BCUT2D eigenvalue weighted by Crippen LogP contribution is -2.22. The second-order valence-electron chi connectivity index (χ2n) is 4.35. The zero-order valence-corrected chi connectivity index (χ0v) is 11.0. The van der Waals surface area contributed by atoms with Crippen molar-refractivity contribution in [1.82, 2.24) is 0 Å². The van der Waals surface area contributed by atoms with Crippen molar-refractivity contribution in [3.8, 4) is 0 Å². The van der Waals surface area contributed by atoms with E-state index in [4.69, 9.17) is 9.47 Å². The molecular weight excluding hydrogens is 232 g/mol. The Morgan fingerprint density at radius 1 is 1.39 bits per heavy atom. The molecule has 4 heteroatoms. The van der Waals surface area contributed by atoms with E-state index < -0.39 is 12.0 Å². The second-order valence-corrected chi connectivity index (χ2v) is 4.35. The molecule has 4 nitrogen and oxygen atoms in total. The van der Waals surface area contributed by atoms with Crippen LogP contribution in [-0.4, -0.2) is 30.4 Å². The SMILES string of the molecule is COC(=O)[C@@H]1C=CC=CC=C1O[C@@H](C)C[C@@H](C)O. The average Bonchev–Trinajstić information content (AvgIpc) is 2.52. The number of methoxy groups -OCH3 is 1. The van der Waals surface area contributed by atoms with Gasteiger partial charge in [0, 0.05) is 6.42 Å². The Balaban J connectivity index is 2.75. The minimum absolute atomic E-state index is 0.164. The fourth-order valence-corrected chi connectivity index (χ4v) is 1.78. The molecule has 0 spiro atoms. The molecule has 0 bridgehead atoms. The molecule has 100 valence electrons. The molecule has 0 amide bonds. The van der Waals surface area contributed by atoms with Gasteiger partial charge in [0.25, 0.3) is 0 Å². The molecule has 18 heavy (non-hydrogen) atoms. The summed E-state index contributed by atoms with van der Waals surface area (Å²) in [6.07, 6.45) is 8.82. The third kappa shape index (κ3) is 4.37. The van der Waals surface area contributed by atoms with Gasteiger partial charge in [-0.1, -0.05) is 24.3 Å². The van der Waals surface area contributed by atoms with Gasteiger partial charge in [0.1, 0.15) is 11.7 Å². The first kappa shape index (κ1) is 14.5. The van der Waals surface area contributed by atoms with Crippen LogP contribution in [0.5, 0.6) is 0 Å². The van der Waals surface area contributed by atoms with Crippen LogP contribution in [-0.2, 0) is 14.3 Å². The molecule has 1 rings (SSSR count). The first-order valence-electron chi connectivity index (χ1n) is 6.02. The second kappa shape index (κ2) is 7.01. The van der Waals surface area contributed by atoms with Gasteiger partial charge >= 0.3 is 5.97 Å². The molecule has 0 heterocycles. The monoisotopic (exact) mass is 252 g/mol. The quantitative estimate of drug-likeness (QED) is 0.760. The normalized spacial score (nSPS) is 21.8. The average molecular weight is 252 g/mol. The largest absolute Gasteiger partial charge is 0.494 e. The van der Waals surface area contributed by atoms with Gasteiger partial charge in [-0.05, 0) is 19.9 Å². The molecule has 0 aliphatic heterocycles. The van der Waals surface area contributed by atoms with Gasteiger partial charge in [-0.2, -0.15) is 0 Å². The van der Waals surface area contributed by atoms with E-state index in [2.05, 4.69) is 0 Å². The topological polar surface area (TPSA) is 55.8 Å². The first-order chi connectivity index (χ1) is 8.54. The molecule has 0 saturated carbocycles. The van der Waals surface area contributed by atoms with Gasteiger partial charge in [-0.3, -0.25) is 4.79 Å². The van der Waals surface area contributed by atoms with Crippen molar-refractivity contribution in [2.75, 3.05) is 7.11 Å². The summed E-state index contributed by atoms with van der Waals surface area (Å²) in [5.41, 5.74) is 0. The van der Waals surface area contributed by atoms with Gasteiger partial charge in [-0.15, -0.1) is 0 Å². The van der Waals surface area contributed by atoms with Crippen LogP contribution < -0.4 is 0 Å². The Bertz CT molecular complexity index is 366. The summed E-state index contributed by atoms with van der Waals surface area (Å²) >= 11 is 0. The number of hydrogen-bond acceptors (Lipinski definition) is 4. The summed E-state index contributed by atoms with van der Waals surface area (Å²) in [6, 6.07) is 0. The highest BCUT2D eigenvalue weighted by atomic mass is 16.5. The summed E-state index contributed by atoms with van der Waals surface area (Å²) in [5, 5.41) is 9.31. The zero-order valence-electron chi connectivity index (χ0n) is 11.0. The lowest BCUT2D eigenvalue weighted by molar-refractivity contribution is -0.143. The Labute approximate surface area is 108 Å². The van der Waals surface area contributed by atoms with Crippen LogP contribution in [0.3, 0.4) is 0 Å². The fourth-order valence-electron chi connectivity index (χ4n) is 1.78. The Morgan fingerprint density at radius 3 is 2.72 bits per heavy atom. The number of carbonyl (C=O) groups is 1. The van der Waals surface area contributed by atoms with Crippen molar-refractivity contribution < 1.29 is 19.4 Å². The van der Waals surface area contributed by atoms with Gasteiger partial charge in [0.05, 0.1) is 19.3 Å². The van der Waals surface area contributed by atoms with E-state index in [1.54, 1.807) is 25.2 Å². The zero-order chi connectivity index (χ0) is 13.5. The van der Waals surface area contributed by atoms with Crippen LogP contribution in [0.15, 0.2) is 36.1 Å². The lowest BCUT2D eigenvalue weighted by Gasteiger charge is -2.21. The summed E-state index contributed by atoms with van der Waals surface area (Å²) in [7, 11) is 1.35. The number of rotatable bonds is 5. The van der Waals surface area contributed by atoms with Crippen LogP contribution in [0.4, 0.5) is 0 Å². The van der Waals surface area contributed by atoms with E-state index >= 15 is 0 Å². The number of hydrogen-bond donors (Lipinski definition) is 1. The number of allylic oxidation sites excluding steroid dienone is 4. The van der Waals surface area contributed by atoms with Crippen molar-refractivity contribution in [3.05, 3.63) is 36.1 Å². The number of aliphatic hydroxyl groups excluding tert-OH is 1. The van der Waals surface area contributed by atoms with Crippen molar-refractivity contribution >= 4 is 5.97 Å². The molecule has 0 aromatic carbocycles. The highest BCUT2D eigenvalue weighted by Gasteiger charge is 2.24. The van der Waals surface area contributed by atoms with Crippen molar-refractivity contribution in [3.63, 3.8) is 0 Å². The van der Waals surface area contributed by atoms with Gasteiger partial charge in [0.2, 0.25) is 0 Å². The maximum Gasteiger partial charge on any atom is 0.320 e.